The topological polar surface area (TPSA) is 104 Å². The summed E-state index contributed by atoms with van der Waals surface area (Å²) < 4.78 is 1.16. The monoisotopic (exact) mass is 385 g/mol. The standard InChI is InChI=1S/C19H19N3O4S/c1-22-17(21-14(19(25)26)15(23)18(22)24)16-13(9-11-27-16)20-10-5-8-12-6-3-2-4-7-12/h2-4,6-7,9,11,20,23H,5,8,10H2,1H3,(H,25,26). The Labute approximate surface area is 159 Å². The van der Waals surface area contributed by atoms with Crippen LogP contribution in [0.5, 0.6) is 5.75 Å². The Bertz CT molecular complexity index is 1010. The van der Waals surface area contributed by atoms with Gasteiger partial charge in [-0.25, -0.2) is 9.78 Å². The Kier molecular flexibility index (Phi) is 5.56. The highest BCUT2D eigenvalue weighted by Crippen LogP contribution is 2.32. The molecule has 7 nitrogen and oxygen atoms in total. The molecule has 0 saturated heterocycles. The third-order valence-corrected chi connectivity index (χ3v) is 5.05. The molecule has 3 aromatic rings. The van der Waals surface area contributed by atoms with Gasteiger partial charge in [0.15, 0.2) is 11.5 Å². The summed E-state index contributed by atoms with van der Waals surface area (Å²) in [5, 5.41) is 24.1. The predicted molar refractivity (Wildman–Crippen MR) is 105 cm³/mol. The summed E-state index contributed by atoms with van der Waals surface area (Å²) in [7, 11) is 1.45. The van der Waals surface area contributed by atoms with Crippen LogP contribution in [0, 0.1) is 0 Å². The van der Waals surface area contributed by atoms with Gasteiger partial charge in [0.25, 0.3) is 5.56 Å². The van der Waals surface area contributed by atoms with Crippen molar-refractivity contribution < 1.29 is 15.0 Å². The van der Waals surface area contributed by atoms with Gasteiger partial charge in [0.1, 0.15) is 0 Å². The molecule has 2 heterocycles. The van der Waals surface area contributed by atoms with Gasteiger partial charge in [0.2, 0.25) is 5.75 Å². The zero-order valence-electron chi connectivity index (χ0n) is 14.7. The minimum Gasteiger partial charge on any atom is -0.501 e. The molecule has 27 heavy (non-hydrogen) atoms. The van der Waals surface area contributed by atoms with E-state index in [0.717, 1.165) is 29.6 Å². The van der Waals surface area contributed by atoms with E-state index in [9.17, 15) is 19.8 Å². The fraction of sp³-hybridized carbons (Fsp3) is 0.211. The van der Waals surface area contributed by atoms with Gasteiger partial charge < -0.3 is 15.5 Å². The number of aromatic hydroxyl groups is 1. The van der Waals surface area contributed by atoms with E-state index in [1.54, 1.807) is 0 Å². The molecule has 3 N–H and O–H groups in total. The highest BCUT2D eigenvalue weighted by Gasteiger charge is 2.22. The quantitative estimate of drug-likeness (QED) is 0.540. The SMILES string of the molecule is Cn1c(-c2sccc2NCCCc2ccccc2)nc(C(=O)O)c(O)c1=O. The van der Waals surface area contributed by atoms with Gasteiger partial charge >= 0.3 is 5.97 Å². The Hall–Kier alpha value is -3.13. The van der Waals surface area contributed by atoms with E-state index in [-0.39, 0.29) is 5.82 Å². The van der Waals surface area contributed by atoms with Crippen LogP contribution in [-0.2, 0) is 13.5 Å². The van der Waals surface area contributed by atoms with Gasteiger partial charge in [-0.3, -0.25) is 9.36 Å². The Balaban J connectivity index is 1.79. The first-order valence-electron chi connectivity index (χ1n) is 8.38. The van der Waals surface area contributed by atoms with Crippen LogP contribution >= 0.6 is 11.3 Å². The second-order valence-corrected chi connectivity index (χ2v) is 6.90. The average Bonchev–Trinajstić information content (AvgIpc) is 3.12. The van der Waals surface area contributed by atoms with Gasteiger partial charge in [0, 0.05) is 13.6 Å². The van der Waals surface area contributed by atoms with Gasteiger partial charge in [-0.15, -0.1) is 11.3 Å². The summed E-state index contributed by atoms with van der Waals surface area (Å²) in [4.78, 5) is 28.0. The van der Waals surface area contributed by atoms with E-state index in [1.807, 2.05) is 29.6 Å². The van der Waals surface area contributed by atoms with Gasteiger partial charge in [-0.1, -0.05) is 30.3 Å². The minimum absolute atomic E-state index is 0.204. The number of hydrogen-bond acceptors (Lipinski definition) is 6. The van der Waals surface area contributed by atoms with Crippen molar-refractivity contribution in [2.24, 2.45) is 7.05 Å². The number of nitrogens with one attached hydrogen (secondary N) is 1. The summed E-state index contributed by atoms with van der Waals surface area (Å²) in [6, 6.07) is 12.0. The number of thiophene rings is 1. The van der Waals surface area contributed by atoms with Crippen LogP contribution in [-0.4, -0.2) is 32.3 Å². The second kappa shape index (κ2) is 8.05. The number of carboxylic acid groups (broad SMARTS) is 1. The molecule has 0 aliphatic carbocycles. The maximum Gasteiger partial charge on any atom is 0.358 e. The summed E-state index contributed by atoms with van der Waals surface area (Å²) >= 11 is 1.35. The Morgan fingerprint density at radius 3 is 2.70 bits per heavy atom. The molecular formula is C19H19N3O4S. The van der Waals surface area contributed by atoms with Crippen LogP contribution in [0.4, 0.5) is 5.69 Å². The molecule has 0 radical (unpaired) electrons. The number of rotatable bonds is 7. The number of aromatic nitrogens is 2. The van der Waals surface area contributed by atoms with Crippen LogP contribution in [0.2, 0.25) is 0 Å². The average molecular weight is 385 g/mol. The van der Waals surface area contributed by atoms with Crippen LogP contribution in [0.15, 0.2) is 46.6 Å². The lowest BCUT2D eigenvalue weighted by Gasteiger charge is -2.11. The van der Waals surface area contributed by atoms with Gasteiger partial charge in [0.05, 0.1) is 10.6 Å². The lowest BCUT2D eigenvalue weighted by molar-refractivity contribution is 0.0686. The van der Waals surface area contributed by atoms with Crippen molar-refractivity contribution in [2.75, 3.05) is 11.9 Å². The number of carboxylic acids is 1. The molecule has 140 valence electrons. The van der Waals surface area contributed by atoms with Crippen LogP contribution in [0.25, 0.3) is 10.7 Å². The fourth-order valence-corrected chi connectivity index (χ4v) is 3.62. The molecule has 1 aromatic carbocycles. The van der Waals surface area contributed by atoms with E-state index in [4.69, 9.17) is 0 Å². The smallest absolute Gasteiger partial charge is 0.358 e. The molecule has 0 aliphatic rings. The third kappa shape index (κ3) is 4.01. The normalized spacial score (nSPS) is 10.7. The molecule has 0 amide bonds. The van der Waals surface area contributed by atoms with E-state index in [1.165, 1.54) is 23.9 Å². The van der Waals surface area contributed by atoms with Crippen molar-refractivity contribution in [1.29, 1.82) is 0 Å². The molecule has 0 saturated carbocycles. The van der Waals surface area contributed by atoms with Crippen LogP contribution in [0.3, 0.4) is 0 Å². The molecule has 2 aromatic heterocycles. The molecule has 0 fully saturated rings. The first-order chi connectivity index (χ1) is 13.0. The van der Waals surface area contributed by atoms with E-state index in [0.29, 0.717) is 4.88 Å². The summed E-state index contributed by atoms with van der Waals surface area (Å²) in [5.74, 6) is -2.10. The van der Waals surface area contributed by atoms with Crippen molar-refractivity contribution in [3.8, 4) is 16.5 Å². The number of carbonyl (C=O) groups is 1. The molecule has 3 rings (SSSR count). The molecular weight excluding hydrogens is 366 g/mol. The van der Waals surface area contributed by atoms with E-state index >= 15 is 0 Å². The Morgan fingerprint density at radius 2 is 2.00 bits per heavy atom. The van der Waals surface area contributed by atoms with Crippen molar-refractivity contribution >= 4 is 23.0 Å². The molecule has 0 bridgehead atoms. The first kappa shape index (κ1) is 18.7. The van der Waals surface area contributed by atoms with E-state index < -0.39 is 23.0 Å². The van der Waals surface area contributed by atoms with Crippen molar-refractivity contribution in [3.63, 3.8) is 0 Å². The zero-order valence-corrected chi connectivity index (χ0v) is 15.5. The van der Waals surface area contributed by atoms with Crippen LogP contribution in [0.1, 0.15) is 22.5 Å². The Morgan fingerprint density at radius 1 is 1.26 bits per heavy atom. The summed E-state index contributed by atoms with van der Waals surface area (Å²) in [6.07, 6.45) is 1.86. The van der Waals surface area contributed by atoms with E-state index in [2.05, 4.69) is 22.4 Å². The van der Waals surface area contributed by atoms with Gasteiger partial charge in [-0.05, 0) is 29.9 Å². The van der Waals surface area contributed by atoms with Crippen LogP contribution < -0.4 is 10.9 Å². The highest BCUT2D eigenvalue weighted by atomic mass is 32.1. The molecule has 0 aliphatic heterocycles. The molecule has 0 atom stereocenters. The van der Waals surface area contributed by atoms with Crippen molar-refractivity contribution in [2.45, 2.75) is 12.8 Å². The van der Waals surface area contributed by atoms with Crippen molar-refractivity contribution in [1.82, 2.24) is 9.55 Å². The van der Waals surface area contributed by atoms with Crippen molar-refractivity contribution in [3.05, 3.63) is 63.4 Å². The number of benzene rings is 1. The third-order valence-electron chi connectivity index (χ3n) is 4.14. The highest BCUT2D eigenvalue weighted by molar-refractivity contribution is 7.14. The summed E-state index contributed by atoms with van der Waals surface area (Å²) in [6.45, 7) is 0.719. The number of aromatic carboxylic acids is 1. The molecule has 0 spiro atoms. The maximum absolute atomic E-state index is 12.1. The lowest BCUT2D eigenvalue weighted by Crippen LogP contribution is -2.23. The number of hydrogen-bond donors (Lipinski definition) is 3. The minimum atomic E-state index is -1.44. The number of nitrogens with zero attached hydrogens (tertiary/aromatic N) is 2. The lowest BCUT2D eigenvalue weighted by atomic mass is 10.1. The predicted octanol–water partition coefficient (Wildman–Crippen LogP) is 2.96. The zero-order chi connectivity index (χ0) is 19.4. The first-order valence-corrected chi connectivity index (χ1v) is 9.26. The largest absolute Gasteiger partial charge is 0.501 e. The van der Waals surface area contributed by atoms with Gasteiger partial charge in [-0.2, -0.15) is 0 Å². The second-order valence-electron chi connectivity index (χ2n) is 5.98. The molecule has 0 unspecified atom stereocenters. The molecule has 8 heteroatoms. The number of aryl methyl sites for hydroxylation is 1. The number of anilines is 1. The fourth-order valence-electron chi connectivity index (χ4n) is 2.72. The maximum atomic E-state index is 12.1. The summed E-state index contributed by atoms with van der Waals surface area (Å²) in [5.41, 5.74) is 0.605.